The highest BCUT2D eigenvalue weighted by molar-refractivity contribution is 5.87. The molecule has 0 saturated heterocycles. The van der Waals surface area contributed by atoms with Crippen LogP contribution in [-0.4, -0.2) is 11.6 Å². The number of ether oxygens (including phenoxy) is 1. The summed E-state index contributed by atoms with van der Waals surface area (Å²) in [6, 6.07) is 0. The van der Waals surface area contributed by atoms with Gasteiger partial charge in [-0.25, -0.2) is 4.79 Å². The number of rotatable bonds is 17. The van der Waals surface area contributed by atoms with Crippen molar-refractivity contribution >= 4 is 5.97 Å². The number of esters is 1. The third kappa shape index (κ3) is 16.4. The Hall–Kier alpha value is -0.790. The molecular weight excluding hydrogens is 308 g/mol. The molecule has 0 heterocycles. The maximum atomic E-state index is 11.6. The number of unbranched alkanes of at least 4 members (excludes halogenated alkanes) is 13. The van der Waals surface area contributed by atoms with Crippen LogP contribution in [0, 0.1) is 0 Å². The van der Waals surface area contributed by atoms with Crippen LogP contribution < -0.4 is 0 Å². The van der Waals surface area contributed by atoms with Gasteiger partial charge in [0.2, 0.25) is 0 Å². The maximum Gasteiger partial charge on any atom is 0.333 e. The van der Waals surface area contributed by atoms with Crippen molar-refractivity contribution in [3.63, 3.8) is 0 Å². The highest BCUT2D eigenvalue weighted by Crippen LogP contribution is 2.21. The minimum absolute atomic E-state index is 0.268. The van der Waals surface area contributed by atoms with Gasteiger partial charge in [-0.3, -0.25) is 0 Å². The Bertz CT molecular complexity index is 344. The highest BCUT2D eigenvalue weighted by Gasteiger charge is 2.22. The lowest BCUT2D eigenvalue weighted by Gasteiger charge is -2.25. The zero-order valence-corrected chi connectivity index (χ0v) is 17.6. The number of hydrogen-bond donors (Lipinski definition) is 0. The van der Waals surface area contributed by atoms with Crippen molar-refractivity contribution in [2.75, 3.05) is 0 Å². The summed E-state index contributed by atoms with van der Waals surface area (Å²) in [5, 5.41) is 0. The summed E-state index contributed by atoms with van der Waals surface area (Å²) in [6.07, 6.45) is 20.1. The summed E-state index contributed by atoms with van der Waals surface area (Å²) in [6.45, 7) is 11.6. The molecule has 0 aliphatic heterocycles. The molecule has 0 radical (unpaired) electrons. The first-order chi connectivity index (χ1) is 11.9. The molecule has 0 spiro atoms. The van der Waals surface area contributed by atoms with E-state index in [2.05, 4.69) is 13.5 Å². The average Bonchev–Trinajstić information content (AvgIpc) is 2.54. The first kappa shape index (κ1) is 24.2. The van der Waals surface area contributed by atoms with Crippen LogP contribution in [-0.2, 0) is 9.53 Å². The molecule has 148 valence electrons. The van der Waals surface area contributed by atoms with Gasteiger partial charge in [-0.2, -0.15) is 0 Å². The molecular formula is C23H44O2. The van der Waals surface area contributed by atoms with Crippen LogP contribution in [0.2, 0.25) is 0 Å². The van der Waals surface area contributed by atoms with E-state index in [0.29, 0.717) is 5.57 Å². The molecule has 0 aliphatic rings. The topological polar surface area (TPSA) is 26.3 Å². The van der Waals surface area contributed by atoms with E-state index in [1.807, 2.05) is 13.8 Å². The van der Waals surface area contributed by atoms with Gasteiger partial charge in [0.1, 0.15) is 5.60 Å². The van der Waals surface area contributed by atoms with Crippen LogP contribution in [0.25, 0.3) is 0 Å². The second-order valence-corrected chi connectivity index (χ2v) is 8.28. The minimum atomic E-state index is -0.368. The van der Waals surface area contributed by atoms with Crippen molar-refractivity contribution in [1.29, 1.82) is 0 Å². The Kier molecular flexibility index (Phi) is 15.0. The normalized spacial score (nSPS) is 11.5. The van der Waals surface area contributed by atoms with Crippen molar-refractivity contribution in [1.82, 2.24) is 0 Å². The minimum Gasteiger partial charge on any atom is -0.456 e. The predicted octanol–water partition coefficient (Wildman–Crippen LogP) is 7.76. The first-order valence-electron chi connectivity index (χ1n) is 10.8. The Balaban J connectivity index is 3.36. The van der Waals surface area contributed by atoms with Crippen molar-refractivity contribution in [3.05, 3.63) is 12.2 Å². The second-order valence-electron chi connectivity index (χ2n) is 8.28. The lowest BCUT2D eigenvalue weighted by atomic mass is 9.98. The molecule has 0 saturated carbocycles. The van der Waals surface area contributed by atoms with Crippen molar-refractivity contribution in [2.45, 2.75) is 130 Å². The van der Waals surface area contributed by atoms with Crippen LogP contribution >= 0.6 is 0 Å². The van der Waals surface area contributed by atoms with Gasteiger partial charge < -0.3 is 4.74 Å². The number of carbonyl (C=O) groups excluding carboxylic acids is 1. The van der Waals surface area contributed by atoms with Gasteiger partial charge in [0, 0.05) is 5.57 Å². The summed E-state index contributed by atoms with van der Waals surface area (Å²) in [4.78, 5) is 11.6. The fourth-order valence-electron chi connectivity index (χ4n) is 3.13. The fraction of sp³-hybridized carbons (Fsp3) is 0.870. The van der Waals surface area contributed by atoms with E-state index in [1.54, 1.807) is 6.92 Å². The SMILES string of the molecule is C=C(C)C(=O)OC(C)(C)CCCCCCCCCCCCCCCC. The average molecular weight is 353 g/mol. The van der Waals surface area contributed by atoms with Gasteiger partial charge in [-0.15, -0.1) is 0 Å². The van der Waals surface area contributed by atoms with Gasteiger partial charge in [0.25, 0.3) is 0 Å². The molecule has 0 fully saturated rings. The van der Waals surface area contributed by atoms with Crippen LogP contribution in [0.5, 0.6) is 0 Å². The molecule has 0 N–H and O–H groups in total. The van der Waals surface area contributed by atoms with E-state index >= 15 is 0 Å². The monoisotopic (exact) mass is 352 g/mol. The van der Waals surface area contributed by atoms with Crippen LogP contribution in [0.1, 0.15) is 124 Å². The smallest absolute Gasteiger partial charge is 0.333 e. The molecule has 2 heteroatoms. The molecule has 2 nitrogen and oxygen atoms in total. The van der Waals surface area contributed by atoms with E-state index < -0.39 is 0 Å². The molecule has 0 unspecified atom stereocenters. The third-order valence-electron chi connectivity index (χ3n) is 4.85. The summed E-state index contributed by atoms with van der Waals surface area (Å²) >= 11 is 0. The van der Waals surface area contributed by atoms with Crippen molar-refractivity contribution in [2.24, 2.45) is 0 Å². The van der Waals surface area contributed by atoms with Crippen molar-refractivity contribution in [3.8, 4) is 0 Å². The Morgan fingerprint density at radius 3 is 1.48 bits per heavy atom. The van der Waals surface area contributed by atoms with Gasteiger partial charge in [0.15, 0.2) is 0 Å². The fourth-order valence-corrected chi connectivity index (χ4v) is 3.13. The largest absolute Gasteiger partial charge is 0.456 e. The van der Waals surface area contributed by atoms with Crippen molar-refractivity contribution < 1.29 is 9.53 Å². The molecule has 0 aliphatic carbocycles. The molecule has 0 atom stereocenters. The summed E-state index contributed by atoms with van der Waals surface area (Å²) in [7, 11) is 0. The van der Waals surface area contributed by atoms with E-state index in [-0.39, 0.29) is 11.6 Å². The van der Waals surface area contributed by atoms with Crippen LogP contribution in [0.4, 0.5) is 0 Å². The second kappa shape index (κ2) is 15.5. The van der Waals surface area contributed by atoms with Gasteiger partial charge in [-0.1, -0.05) is 97.0 Å². The predicted molar refractivity (Wildman–Crippen MR) is 110 cm³/mol. The Morgan fingerprint density at radius 2 is 1.12 bits per heavy atom. The maximum absolute atomic E-state index is 11.6. The molecule has 25 heavy (non-hydrogen) atoms. The van der Waals surface area contributed by atoms with Crippen LogP contribution in [0.3, 0.4) is 0 Å². The van der Waals surface area contributed by atoms with E-state index in [0.717, 1.165) is 12.8 Å². The molecule has 0 aromatic rings. The lowest BCUT2D eigenvalue weighted by Crippen LogP contribution is -2.28. The summed E-state index contributed by atoms with van der Waals surface area (Å²) in [5.74, 6) is -0.268. The quantitative estimate of drug-likeness (QED) is 0.152. The third-order valence-corrected chi connectivity index (χ3v) is 4.85. The molecule has 0 aromatic carbocycles. The van der Waals surface area contributed by atoms with E-state index in [9.17, 15) is 4.79 Å². The first-order valence-corrected chi connectivity index (χ1v) is 10.8. The van der Waals surface area contributed by atoms with Gasteiger partial charge in [-0.05, 0) is 33.6 Å². The highest BCUT2D eigenvalue weighted by atomic mass is 16.6. The van der Waals surface area contributed by atoms with E-state index in [1.165, 1.54) is 83.5 Å². The Morgan fingerprint density at radius 1 is 0.760 bits per heavy atom. The summed E-state index contributed by atoms with van der Waals surface area (Å²) < 4.78 is 5.47. The lowest BCUT2D eigenvalue weighted by molar-refractivity contribution is -0.152. The zero-order chi connectivity index (χ0) is 19.0. The molecule has 0 bridgehead atoms. The summed E-state index contributed by atoms with van der Waals surface area (Å²) in [5.41, 5.74) is 0.113. The number of carbonyl (C=O) groups is 1. The molecule has 0 aromatic heterocycles. The Labute approximate surface area is 157 Å². The van der Waals surface area contributed by atoms with Crippen LogP contribution in [0.15, 0.2) is 12.2 Å². The van der Waals surface area contributed by atoms with E-state index in [4.69, 9.17) is 4.74 Å². The zero-order valence-electron chi connectivity index (χ0n) is 17.6. The standard InChI is InChI=1S/C23H44O2/c1-6-7-8-9-10-11-12-13-14-15-16-17-18-19-20-23(4,5)25-22(24)21(2)3/h2,6-20H2,1,3-5H3. The van der Waals surface area contributed by atoms with Gasteiger partial charge >= 0.3 is 5.97 Å². The molecule has 0 rings (SSSR count). The number of hydrogen-bond acceptors (Lipinski definition) is 2. The van der Waals surface area contributed by atoms with Gasteiger partial charge in [0.05, 0.1) is 0 Å². The molecule has 0 amide bonds.